The third kappa shape index (κ3) is 2.08. The van der Waals surface area contributed by atoms with Crippen molar-refractivity contribution >= 4 is 43.5 Å². The van der Waals surface area contributed by atoms with Gasteiger partial charge in [0.25, 0.3) is 0 Å². The summed E-state index contributed by atoms with van der Waals surface area (Å²) in [6, 6.07) is 1.91. The number of halogens is 2. The fourth-order valence-electron chi connectivity index (χ4n) is 1.72. The summed E-state index contributed by atoms with van der Waals surface area (Å²) in [5.41, 5.74) is 1.95. The van der Waals surface area contributed by atoms with Crippen LogP contribution in [0.1, 0.15) is 12.0 Å². The van der Waals surface area contributed by atoms with Gasteiger partial charge in [-0.1, -0.05) is 15.9 Å². The average Bonchev–Trinajstić information content (AvgIpc) is 2.45. The van der Waals surface area contributed by atoms with Crippen molar-refractivity contribution in [2.45, 2.75) is 18.2 Å². The van der Waals surface area contributed by atoms with E-state index in [1.165, 1.54) is 0 Å². The van der Waals surface area contributed by atoms with E-state index in [2.05, 4.69) is 36.8 Å². The summed E-state index contributed by atoms with van der Waals surface area (Å²) in [5, 5.41) is 0. The molecule has 0 spiro atoms. The van der Waals surface area contributed by atoms with E-state index in [-0.39, 0.29) is 10.7 Å². The third-order valence-electron chi connectivity index (χ3n) is 2.43. The zero-order valence-corrected chi connectivity index (χ0v) is 11.4. The van der Waals surface area contributed by atoms with E-state index in [9.17, 15) is 4.79 Å². The number of pyridine rings is 1. The Balaban J connectivity index is 2.41. The largest absolute Gasteiger partial charge is 0.308 e. The van der Waals surface area contributed by atoms with Crippen molar-refractivity contribution in [2.75, 3.05) is 11.4 Å². The van der Waals surface area contributed by atoms with Gasteiger partial charge in [-0.2, -0.15) is 0 Å². The van der Waals surface area contributed by atoms with E-state index in [1.54, 1.807) is 11.1 Å². The highest BCUT2D eigenvalue weighted by Crippen LogP contribution is 2.32. The maximum atomic E-state index is 11.7. The maximum Gasteiger partial charge on any atom is 0.228 e. The number of nitrogens with zero attached hydrogens (tertiary/aromatic N) is 2. The summed E-state index contributed by atoms with van der Waals surface area (Å²) in [7, 11) is 0. The summed E-state index contributed by atoms with van der Waals surface area (Å²) < 4.78 is 0.734. The van der Waals surface area contributed by atoms with Crippen LogP contribution in [0, 0.1) is 6.92 Å². The molecule has 0 aliphatic carbocycles. The van der Waals surface area contributed by atoms with Gasteiger partial charge in [0.05, 0.1) is 5.69 Å². The number of aromatic nitrogens is 1. The second kappa shape index (κ2) is 4.22. The highest BCUT2D eigenvalue weighted by Gasteiger charge is 2.31. The smallest absolute Gasteiger partial charge is 0.228 e. The van der Waals surface area contributed by atoms with E-state index in [1.807, 2.05) is 13.0 Å². The summed E-state index contributed by atoms with van der Waals surface area (Å²) in [6.45, 7) is 2.70. The predicted molar refractivity (Wildman–Crippen MR) is 66.4 cm³/mol. The zero-order chi connectivity index (χ0) is 11.0. The summed E-state index contributed by atoms with van der Waals surface area (Å²) >= 11 is 6.85. The predicted octanol–water partition coefficient (Wildman–Crippen LogP) is 2.65. The zero-order valence-electron chi connectivity index (χ0n) is 8.20. The van der Waals surface area contributed by atoms with Crippen LogP contribution in [0.15, 0.2) is 16.9 Å². The van der Waals surface area contributed by atoms with Crippen molar-refractivity contribution in [3.8, 4) is 0 Å². The number of hydrogen-bond acceptors (Lipinski definition) is 2. The van der Waals surface area contributed by atoms with Crippen LogP contribution in [0.2, 0.25) is 0 Å². The second-order valence-corrected chi connectivity index (χ2v) is 5.62. The van der Waals surface area contributed by atoms with Crippen LogP contribution in [0.4, 0.5) is 5.69 Å². The Morgan fingerprint density at radius 3 is 2.87 bits per heavy atom. The van der Waals surface area contributed by atoms with Gasteiger partial charge in [-0.05, 0) is 34.5 Å². The molecule has 1 aliphatic heterocycles. The minimum Gasteiger partial charge on any atom is -0.308 e. The van der Waals surface area contributed by atoms with Crippen LogP contribution in [0.25, 0.3) is 0 Å². The molecule has 0 radical (unpaired) electrons. The molecule has 1 saturated heterocycles. The summed E-state index contributed by atoms with van der Waals surface area (Å²) in [6.07, 6.45) is 2.29. The quantitative estimate of drug-likeness (QED) is 0.584. The molecule has 2 heterocycles. The number of hydrogen-bond donors (Lipinski definition) is 0. The Labute approximate surface area is 105 Å². The lowest BCUT2D eigenvalue weighted by Gasteiger charge is -2.19. The van der Waals surface area contributed by atoms with Gasteiger partial charge in [-0.3, -0.25) is 4.79 Å². The van der Waals surface area contributed by atoms with Gasteiger partial charge in [-0.15, -0.1) is 0 Å². The number of aryl methyl sites for hydroxylation is 1. The van der Waals surface area contributed by atoms with Crippen LogP contribution in [0.5, 0.6) is 0 Å². The lowest BCUT2D eigenvalue weighted by atomic mass is 10.2. The van der Waals surface area contributed by atoms with Gasteiger partial charge in [0.1, 0.15) is 4.60 Å². The topological polar surface area (TPSA) is 33.2 Å². The molecule has 1 aromatic heterocycles. The Kier molecular flexibility index (Phi) is 3.11. The van der Waals surface area contributed by atoms with Gasteiger partial charge < -0.3 is 4.90 Å². The van der Waals surface area contributed by atoms with E-state index < -0.39 is 0 Å². The molecular weight excluding hydrogens is 324 g/mol. The fraction of sp³-hybridized carbons (Fsp3) is 0.400. The van der Waals surface area contributed by atoms with Crippen LogP contribution in [-0.2, 0) is 4.79 Å². The number of rotatable bonds is 1. The first-order valence-corrected chi connectivity index (χ1v) is 6.36. The van der Waals surface area contributed by atoms with Crippen LogP contribution in [-0.4, -0.2) is 22.3 Å². The van der Waals surface area contributed by atoms with Gasteiger partial charge in [0.15, 0.2) is 0 Å². The highest BCUT2D eigenvalue weighted by atomic mass is 79.9. The van der Waals surface area contributed by atoms with Gasteiger partial charge in [0, 0.05) is 24.0 Å². The minimum absolute atomic E-state index is 0.147. The second-order valence-electron chi connectivity index (χ2n) is 3.57. The lowest BCUT2D eigenvalue weighted by molar-refractivity contribution is -0.117. The number of alkyl halides is 1. The van der Waals surface area contributed by atoms with Crippen molar-refractivity contribution in [1.82, 2.24) is 4.98 Å². The maximum absolute atomic E-state index is 11.7. The summed E-state index contributed by atoms with van der Waals surface area (Å²) in [4.78, 5) is 17.9. The highest BCUT2D eigenvalue weighted by molar-refractivity contribution is 9.10. The number of anilines is 1. The standard InChI is InChI=1S/C10H10Br2N2O/c1-6-2-3-13-10(12)9(6)14-5-7(11)4-8(14)15/h2-3,7H,4-5H2,1H3. The molecule has 1 aliphatic rings. The molecule has 80 valence electrons. The van der Waals surface area contributed by atoms with Crippen molar-refractivity contribution in [1.29, 1.82) is 0 Å². The lowest BCUT2D eigenvalue weighted by Crippen LogP contribution is -2.26. The van der Waals surface area contributed by atoms with E-state index in [4.69, 9.17) is 0 Å². The molecule has 1 fully saturated rings. The first-order valence-electron chi connectivity index (χ1n) is 4.65. The van der Waals surface area contributed by atoms with Crippen LogP contribution in [0.3, 0.4) is 0 Å². The van der Waals surface area contributed by atoms with Crippen LogP contribution >= 0.6 is 31.9 Å². The Bertz CT molecular complexity index is 388. The molecule has 5 heteroatoms. The molecule has 0 N–H and O–H groups in total. The van der Waals surface area contributed by atoms with Gasteiger partial charge >= 0.3 is 0 Å². The van der Waals surface area contributed by atoms with Crippen molar-refractivity contribution in [3.05, 3.63) is 22.4 Å². The van der Waals surface area contributed by atoms with E-state index in [0.717, 1.165) is 15.9 Å². The van der Waals surface area contributed by atoms with Crippen molar-refractivity contribution < 1.29 is 4.79 Å². The average molecular weight is 334 g/mol. The monoisotopic (exact) mass is 332 g/mol. The molecule has 0 bridgehead atoms. The Morgan fingerprint density at radius 1 is 1.60 bits per heavy atom. The third-order valence-corrected chi connectivity index (χ3v) is 3.62. The Hall–Kier alpha value is -0.420. The molecule has 15 heavy (non-hydrogen) atoms. The molecule has 3 nitrogen and oxygen atoms in total. The molecule has 1 aromatic rings. The molecule has 1 atom stereocenters. The first-order chi connectivity index (χ1) is 7.09. The molecule has 0 aromatic carbocycles. The van der Waals surface area contributed by atoms with Gasteiger partial charge in [0.2, 0.25) is 5.91 Å². The fourth-order valence-corrected chi connectivity index (χ4v) is 2.93. The first kappa shape index (κ1) is 11.1. The Morgan fingerprint density at radius 2 is 2.33 bits per heavy atom. The van der Waals surface area contributed by atoms with E-state index >= 15 is 0 Å². The van der Waals surface area contributed by atoms with Crippen molar-refractivity contribution in [3.63, 3.8) is 0 Å². The normalized spacial score (nSPS) is 21.1. The van der Waals surface area contributed by atoms with Crippen LogP contribution < -0.4 is 4.90 Å². The molecular formula is C10H10Br2N2O. The number of carbonyl (C=O) groups excluding carboxylic acids is 1. The molecule has 1 unspecified atom stereocenters. The number of carbonyl (C=O) groups is 1. The number of amides is 1. The summed E-state index contributed by atoms with van der Waals surface area (Å²) in [5.74, 6) is 0.147. The van der Waals surface area contributed by atoms with Crippen molar-refractivity contribution in [2.24, 2.45) is 0 Å². The molecule has 2 rings (SSSR count). The molecule has 1 amide bonds. The van der Waals surface area contributed by atoms with E-state index in [0.29, 0.717) is 13.0 Å². The van der Waals surface area contributed by atoms with Gasteiger partial charge in [-0.25, -0.2) is 4.98 Å². The minimum atomic E-state index is 0.147. The SMILES string of the molecule is Cc1ccnc(Br)c1N1CC(Br)CC1=O. The molecule has 0 saturated carbocycles.